The molecule has 1 saturated carbocycles. The van der Waals surface area contributed by atoms with E-state index in [0.29, 0.717) is 6.04 Å². The van der Waals surface area contributed by atoms with E-state index in [1.54, 1.807) is 0 Å². The van der Waals surface area contributed by atoms with Crippen molar-refractivity contribution in [1.82, 2.24) is 10.8 Å². The SMILES string of the molecule is CCONC1CCCC1C1CCCCN1. The van der Waals surface area contributed by atoms with E-state index in [2.05, 4.69) is 10.8 Å². The number of hydrogen-bond acceptors (Lipinski definition) is 3. The summed E-state index contributed by atoms with van der Waals surface area (Å²) in [6.45, 7) is 4.01. The van der Waals surface area contributed by atoms with Crippen molar-refractivity contribution < 1.29 is 4.84 Å². The predicted molar refractivity (Wildman–Crippen MR) is 61.5 cm³/mol. The summed E-state index contributed by atoms with van der Waals surface area (Å²) in [6.07, 6.45) is 8.11. The smallest absolute Gasteiger partial charge is 0.0654 e. The van der Waals surface area contributed by atoms with Crippen molar-refractivity contribution in [2.24, 2.45) is 5.92 Å². The van der Waals surface area contributed by atoms with Crippen LogP contribution >= 0.6 is 0 Å². The van der Waals surface area contributed by atoms with Gasteiger partial charge >= 0.3 is 0 Å². The van der Waals surface area contributed by atoms with Gasteiger partial charge < -0.3 is 10.2 Å². The molecule has 1 saturated heterocycles. The van der Waals surface area contributed by atoms with Crippen LogP contribution in [0, 0.1) is 5.92 Å². The maximum absolute atomic E-state index is 5.36. The van der Waals surface area contributed by atoms with Crippen LogP contribution in [0.3, 0.4) is 0 Å². The summed E-state index contributed by atoms with van der Waals surface area (Å²) in [5.74, 6) is 0.789. The van der Waals surface area contributed by atoms with E-state index in [4.69, 9.17) is 4.84 Å². The fraction of sp³-hybridized carbons (Fsp3) is 1.00. The summed E-state index contributed by atoms with van der Waals surface area (Å²) in [4.78, 5) is 5.36. The zero-order valence-electron chi connectivity index (χ0n) is 9.80. The van der Waals surface area contributed by atoms with E-state index >= 15 is 0 Å². The largest absolute Gasteiger partial charge is 0.314 e. The Labute approximate surface area is 92.9 Å². The second-order valence-electron chi connectivity index (χ2n) is 4.81. The van der Waals surface area contributed by atoms with Gasteiger partial charge in [-0.25, -0.2) is 0 Å². The third-order valence-corrected chi connectivity index (χ3v) is 3.81. The highest BCUT2D eigenvalue weighted by molar-refractivity contribution is 4.90. The van der Waals surface area contributed by atoms with Gasteiger partial charge in [-0.3, -0.25) is 0 Å². The molecular weight excluding hydrogens is 188 g/mol. The molecule has 1 aliphatic carbocycles. The molecule has 3 unspecified atom stereocenters. The lowest BCUT2D eigenvalue weighted by molar-refractivity contribution is 0.00912. The van der Waals surface area contributed by atoms with Gasteiger partial charge in [0.2, 0.25) is 0 Å². The molecule has 0 bridgehead atoms. The van der Waals surface area contributed by atoms with Gasteiger partial charge in [-0.2, -0.15) is 5.48 Å². The lowest BCUT2D eigenvalue weighted by Crippen LogP contribution is -2.46. The van der Waals surface area contributed by atoms with Gasteiger partial charge in [-0.15, -0.1) is 0 Å². The van der Waals surface area contributed by atoms with Crippen molar-refractivity contribution in [3.8, 4) is 0 Å². The van der Waals surface area contributed by atoms with Crippen LogP contribution in [-0.2, 0) is 4.84 Å². The van der Waals surface area contributed by atoms with Gasteiger partial charge in [0.25, 0.3) is 0 Å². The first-order valence-corrected chi connectivity index (χ1v) is 6.52. The fourth-order valence-electron chi connectivity index (χ4n) is 3.05. The maximum atomic E-state index is 5.36. The summed E-state index contributed by atoms with van der Waals surface area (Å²) >= 11 is 0. The van der Waals surface area contributed by atoms with Crippen LogP contribution in [-0.4, -0.2) is 25.2 Å². The Morgan fingerprint density at radius 3 is 2.87 bits per heavy atom. The lowest BCUT2D eigenvalue weighted by atomic mass is 9.88. The van der Waals surface area contributed by atoms with Crippen LogP contribution in [0.2, 0.25) is 0 Å². The predicted octanol–water partition coefficient (Wildman–Crippen LogP) is 1.84. The number of nitrogens with one attached hydrogen (secondary N) is 2. The first-order chi connectivity index (χ1) is 7.42. The Hall–Kier alpha value is -0.120. The van der Waals surface area contributed by atoms with Crippen molar-refractivity contribution >= 4 is 0 Å². The number of piperidine rings is 1. The minimum atomic E-state index is 0.584. The zero-order valence-corrected chi connectivity index (χ0v) is 9.80. The van der Waals surface area contributed by atoms with Gasteiger partial charge in [0.15, 0.2) is 0 Å². The van der Waals surface area contributed by atoms with E-state index in [9.17, 15) is 0 Å². The highest BCUT2D eigenvalue weighted by atomic mass is 16.6. The van der Waals surface area contributed by atoms with Crippen LogP contribution in [0.15, 0.2) is 0 Å². The number of hydroxylamine groups is 1. The van der Waals surface area contributed by atoms with Crippen molar-refractivity contribution in [3.05, 3.63) is 0 Å². The van der Waals surface area contributed by atoms with Crippen molar-refractivity contribution in [2.45, 2.75) is 57.5 Å². The standard InChI is InChI=1S/C12H24N2O/c1-2-15-14-12-8-5-6-10(12)11-7-3-4-9-13-11/h10-14H,2-9H2,1H3. The first-order valence-electron chi connectivity index (χ1n) is 6.52. The van der Waals surface area contributed by atoms with Gasteiger partial charge in [0, 0.05) is 12.1 Å². The van der Waals surface area contributed by atoms with E-state index in [1.165, 1.54) is 45.1 Å². The fourth-order valence-corrected chi connectivity index (χ4v) is 3.05. The average Bonchev–Trinajstić information content (AvgIpc) is 2.75. The molecule has 1 heterocycles. The van der Waals surface area contributed by atoms with Gasteiger partial charge in [-0.05, 0) is 45.1 Å². The molecule has 0 aromatic rings. The average molecular weight is 212 g/mol. The van der Waals surface area contributed by atoms with Crippen LogP contribution < -0.4 is 10.8 Å². The molecule has 2 fully saturated rings. The molecule has 3 nitrogen and oxygen atoms in total. The van der Waals surface area contributed by atoms with Crippen LogP contribution in [0.1, 0.15) is 45.4 Å². The summed E-state index contributed by atoms with van der Waals surface area (Å²) in [6, 6.07) is 1.32. The molecular formula is C12H24N2O. The summed E-state index contributed by atoms with van der Waals surface area (Å²) in [7, 11) is 0. The Morgan fingerprint density at radius 2 is 2.13 bits per heavy atom. The third-order valence-electron chi connectivity index (χ3n) is 3.81. The van der Waals surface area contributed by atoms with E-state index in [-0.39, 0.29) is 0 Å². The van der Waals surface area contributed by atoms with Crippen molar-refractivity contribution in [2.75, 3.05) is 13.2 Å². The number of rotatable bonds is 4. The van der Waals surface area contributed by atoms with Crippen molar-refractivity contribution in [1.29, 1.82) is 0 Å². The Morgan fingerprint density at radius 1 is 1.20 bits per heavy atom. The van der Waals surface area contributed by atoms with Gasteiger partial charge in [0.05, 0.1) is 6.61 Å². The molecule has 3 heteroatoms. The highest BCUT2D eigenvalue weighted by Crippen LogP contribution is 2.31. The summed E-state index contributed by atoms with van der Waals surface area (Å²) < 4.78 is 0. The summed E-state index contributed by atoms with van der Waals surface area (Å²) in [5, 5.41) is 3.67. The van der Waals surface area contributed by atoms with Gasteiger partial charge in [0.1, 0.15) is 0 Å². The summed E-state index contributed by atoms with van der Waals surface area (Å²) in [5.41, 5.74) is 3.24. The molecule has 0 radical (unpaired) electrons. The molecule has 0 aromatic heterocycles. The molecule has 2 aliphatic rings. The molecule has 2 rings (SSSR count). The Bertz CT molecular complexity index is 180. The molecule has 15 heavy (non-hydrogen) atoms. The third kappa shape index (κ3) is 2.92. The quantitative estimate of drug-likeness (QED) is 0.698. The molecule has 2 N–H and O–H groups in total. The van der Waals surface area contributed by atoms with Crippen LogP contribution in [0.25, 0.3) is 0 Å². The molecule has 3 atom stereocenters. The molecule has 0 amide bonds. The van der Waals surface area contributed by atoms with E-state index in [0.717, 1.165) is 18.6 Å². The minimum absolute atomic E-state index is 0.584. The molecule has 1 aliphatic heterocycles. The second-order valence-corrected chi connectivity index (χ2v) is 4.81. The highest BCUT2D eigenvalue weighted by Gasteiger charge is 2.34. The molecule has 88 valence electrons. The Balaban J connectivity index is 1.82. The monoisotopic (exact) mass is 212 g/mol. The maximum Gasteiger partial charge on any atom is 0.0654 e. The normalized spacial score (nSPS) is 37.0. The first kappa shape index (κ1) is 11.4. The van der Waals surface area contributed by atoms with Crippen LogP contribution in [0.5, 0.6) is 0 Å². The van der Waals surface area contributed by atoms with Gasteiger partial charge in [-0.1, -0.05) is 12.8 Å². The minimum Gasteiger partial charge on any atom is -0.314 e. The van der Waals surface area contributed by atoms with Crippen LogP contribution in [0.4, 0.5) is 0 Å². The Kier molecular flexibility index (Phi) is 4.42. The second kappa shape index (κ2) is 5.83. The zero-order chi connectivity index (χ0) is 10.5. The molecule has 0 aromatic carbocycles. The van der Waals surface area contributed by atoms with E-state index < -0.39 is 0 Å². The van der Waals surface area contributed by atoms with Crippen molar-refractivity contribution in [3.63, 3.8) is 0 Å². The number of hydrogen-bond donors (Lipinski definition) is 2. The molecule has 0 spiro atoms. The lowest BCUT2D eigenvalue weighted by Gasteiger charge is -2.32. The van der Waals surface area contributed by atoms with E-state index in [1.807, 2.05) is 6.92 Å². The topological polar surface area (TPSA) is 33.3 Å².